The first kappa shape index (κ1) is 17.6. The number of fused-ring (bicyclic) bond motifs is 1. The van der Waals surface area contributed by atoms with Gasteiger partial charge in [-0.05, 0) is 50.9 Å². The largest absolute Gasteiger partial charge is 0.314 e. The zero-order valence-electron chi connectivity index (χ0n) is 15.0. The maximum atomic E-state index is 6.30. The van der Waals surface area contributed by atoms with E-state index in [1.165, 1.54) is 30.8 Å². The van der Waals surface area contributed by atoms with Crippen molar-refractivity contribution in [3.8, 4) is 0 Å². The highest BCUT2D eigenvalue weighted by atomic mass is 35.5. The van der Waals surface area contributed by atoms with E-state index in [1.54, 1.807) is 11.3 Å². The van der Waals surface area contributed by atoms with Crippen molar-refractivity contribution in [2.75, 3.05) is 18.4 Å². The molecule has 0 saturated carbocycles. The average Bonchev–Trinajstić information content (AvgIpc) is 2.97. The van der Waals surface area contributed by atoms with Gasteiger partial charge in [0.05, 0.1) is 16.7 Å². The van der Waals surface area contributed by atoms with Crippen LogP contribution in [0.4, 0.5) is 10.9 Å². The Labute approximate surface area is 162 Å². The molecule has 1 aliphatic rings. The molecule has 0 unspecified atom stereocenters. The number of thiazole rings is 1. The highest BCUT2D eigenvalue weighted by molar-refractivity contribution is 7.15. The number of rotatable bonds is 4. The lowest BCUT2D eigenvalue weighted by Crippen LogP contribution is -2.32. The fourth-order valence-corrected chi connectivity index (χ4v) is 4.40. The highest BCUT2D eigenvalue weighted by Gasteiger charge is 2.18. The maximum Gasteiger partial charge on any atom is 0.188 e. The van der Waals surface area contributed by atoms with Gasteiger partial charge in [-0.1, -0.05) is 30.7 Å². The van der Waals surface area contributed by atoms with Crippen molar-refractivity contribution in [1.29, 1.82) is 0 Å². The van der Waals surface area contributed by atoms with Crippen LogP contribution in [0.2, 0.25) is 5.15 Å². The minimum Gasteiger partial charge on any atom is -0.314 e. The third kappa shape index (κ3) is 3.82. The molecule has 4 rings (SSSR count). The lowest BCUT2D eigenvalue weighted by molar-refractivity contribution is 0.186. The summed E-state index contributed by atoms with van der Waals surface area (Å²) < 4.78 is 0. The summed E-state index contributed by atoms with van der Waals surface area (Å²) in [5.41, 5.74) is 2.68. The zero-order valence-corrected chi connectivity index (χ0v) is 16.6. The SMILES string of the molecule is Cc1nc(Nc2nc3ccccc3nc2Cl)sc1CN1CCC(C)CC1. The monoisotopic (exact) mass is 387 g/mol. The normalized spacial score (nSPS) is 16.3. The number of hydrogen-bond acceptors (Lipinski definition) is 6. The number of para-hydroxylation sites is 2. The van der Waals surface area contributed by atoms with E-state index in [4.69, 9.17) is 11.6 Å². The molecule has 2 aromatic heterocycles. The van der Waals surface area contributed by atoms with Crippen LogP contribution in [0.5, 0.6) is 0 Å². The van der Waals surface area contributed by atoms with Crippen LogP contribution in [0.15, 0.2) is 24.3 Å². The van der Waals surface area contributed by atoms with Gasteiger partial charge in [-0.15, -0.1) is 11.3 Å². The first-order valence-electron chi connectivity index (χ1n) is 8.96. The lowest BCUT2D eigenvalue weighted by Gasteiger charge is -2.29. The predicted octanol–water partition coefficient (Wildman–Crippen LogP) is 5.02. The maximum absolute atomic E-state index is 6.30. The predicted molar refractivity (Wildman–Crippen MR) is 108 cm³/mol. The van der Waals surface area contributed by atoms with E-state index in [9.17, 15) is 0 Å². The molecule has 1 aliphatic heterocycles. The van der Waals surface area contributed by atoms with E-state index < -0.39 is 0 Å². The zero-order chi connectivity index (χ0) is 18.1. The minimum atomic E-state index is 0.364. The Hall–Kier alpha value is -1.76. The molecule has 0 radical (unpaired) electrons. The number of aryl methyl sites for hydroxylation is 1. The minimum absolute atomic E-state index is 0.364. The van der Waals surface area contributed by atoms with Crippen molar-refractivity contribution in [1.82, 2.24) is 19.9 Å². The summed E-state index contributed by atoms with van der Waals surface area (Å²) in [7, 11) is 0. The van der Waals surface area contributed by atoms with Crippen LogP contribution in [-0.2, 0) is 6.54 Å². The van der Waals surface area contributed by atoms with Crippen molar-refractivity contribution in [3.63, 3.8) is 0 Å². The van der Waals surface area contributed by atoms with Gasteiger partial charge in [-0.2, -0.15) is 0 Å². The number of nitrogens with one attached hydrogen (secondary N) is 1. The molecule has 1 aromatic carbocycles. The van der Waals surface area contributed by atoms with Crippen LogP contribution in [0.25, 0.3) is 11.0 Å². The highest BCUT2D eigenvalue weighted by Crippen LogP contribution is 2.30. The molecule has 1 fully saturated rings. The van der Waals surface area contributed by atoms with Gasteiger partial charge in [0.2, 0.25) is 0 Å². The Morgan fingerprint density at radius 2 is 1.85 bits per heavy atom. The second kappa shape index (κ2) is 7.47. The molecule has 5 nitrogen and oxygen atoms in total. The summed E-state index contributed by atoms with van der Waals surface area (Å²) in [6, 6.07) is 7.71. The van der Waals surface area contributed by atoms with Gasteiger partial charge in [0.1, 0.15) is 0 Å². The van der Waals surface area contributed by atoms with E-state index in [0.717, 1.165) is 34.3 Å². The number of piperidine rings is 1. The number of hydrogen-bond donors (Lipinski definition) is 1. The average molecular weight is 388 g/mol. The van der Waals surface area contributed by atoms with Gasteiger partial charge in [0, 0.05) is 11.4 Å². The molecule has 0 atom stereocenters. The molecule has 3 heterocycles. The molecule has 0 bridgehead atoms. The number of nitrogens with zero attached hydrogens (tertiary/aromatic N) is 4. The Bertz CT molecular complexity index is 917. The molecular weight excluding hydrogens is 366 g/mol. The van der Waals surface area contributed by atoms with Gasteiger partial charge < -0.3 is 5.32 Å². The Morgan fingerprint density at radius 3 is 2.58 bits per heavy atom. The van der Waals surface area contributed by atoms with Crippen LogP contribution in [0.1, 0.15) is 30.3 Å². The molecule has 1 saturated heterocycles. The van der Waals surface area contributed by atoms with Crippen LogP contribution in [-0.4, -0.2) is 32.9 Å². The summed E-state index contributed by atoms with van der Waals surface area (Å²) in [5, 5.41) is 4.43. The van der Waals surface area contributed by atoms with E-state index >= 15 is 0 Å². The fourth-order valence-electron chi connectivity index (χ4n) is 3.21. The van der Waals surface area contributed by atoms with E-state index in [0.29, 0.717) is 11.0 Å². The van der Waals surface area contributed by atoms with E-state index in [-0.39, 0.29) is 0 Å². The van der Waals surface area contributed by atoms with Crippen molar-refractivity contribution < 1.29 is 0 Å². The van der Waals surface area contributed by atoms with Gasteiger partial charge in [0.25, 0.3) is 0 Å². The first-order chi connectivity index (χ1) is 12.6. The topological polar surface area (TPSA) is 53.9 Å². The van der Waals surface area contributed by atoms with Gasteiger partial charge in [0.15, 0.2) is 16.1 Å². The molecular formula is C19H22ClN5S. The van der Waals surface area contributed by atoms with Crippen molar-refractivity contribution >= 4 is 44.9 Å². The van der Waals surface area contributed by atoms with Crippen molar-refractivity contribution in [3.05, 3.63) is 40.0 Å². The number of anilines is 2. The Balaban J connectivity index is 1.51. The lowest BCUT2D eigenvalue weighted by atomic mass is 9.99. The van der Waals surface area contributed by atoms with E-state index in [2.05, 4.69) is 39.0 Å². The quantitative estimate of drug-likeness (QED) is 0.680. The third-order valence-corrected chi connectivity index (χ3v) is 6.21. The number of likely N-dealkylation sites (tertiary alicyclic amines) is 1. The molecule has 26 heavy (non-hydrogen) atoms. The fraction of sp³-hybridized carbons (Fsp3) is 0.421. The first-order valence-corrected chi connectivity index (χ1v) is 10.2. The van der Waals surface area contributed by atoms with Crippen molar-refractivity contribution in [2.45, 2.75) is 33.2 Å². The van der Waals surface area contributed by atoms with E-state index in [1.807, 2.05) is 24.3 Å². The second-order valence-electron chi connectivity index (χ2n) is 6.96. The molecule has 7 heteroatoms. The Kier molecular flexibility index (Phi) is 5.07. The summed E-state index contributed by atoms with van der Waals surface area (Å²) in [5.74, 6) is 1.40. The summed E-state index contributed by atoms with van der Waals surface area (Å²) in [6.45, 7) is 7.71. The van der Waals surface area contributed by atoms with Crippen LogP contribution >= 0.6 is 22.9 Å². The smallest absolute Gasteiger partial charge is 0.188 e. The number of benzene rings is 1. The standard InChI is InChI=1S/C19H22ClN5S/c1-12-7-9-25(10-8-12)11-16-13(2)21-19(26-16)24-18-17(20)22-14-5-3-4-6-15(14)23-18/h3-6,12H,7-11H2,1-2H3,(H,21,23,24). The van der Waals surface area contributed by atoms with Crippen LogP contribution < -0.4 is 5.32 Å². The molecule has 1 N–H and O–H groups in total. The summed E-state index contributed by atoms with van der Waals surface area (Å²) in [4.78, 5) is 17.5. The van der Waals surface area contributed by atoms with Gasteiger partial charge in [-0.25, -0.2) is 15.0 Å². The molecule has 0 aliphatic carbocycles. The van der Waals surface area contributed by atoms with Crippen LogP contribution in [0.3, 0.4) is 0 Å². The number of aromatic nitrogens is 3. The summed E-state index contributed by atoms with van der Waals surface area (Å²) >= 11 is 7.97. The molecule has 0 amide bonds. The van der Waals surface area contributed by atoms with Gasteiger partial charge >= 0.3 is 0 Å². The van der Waals surface area contributed by atoms with Crippen LogP contribution in [0, 0.1) is 12.8 Å². The number of halogens is 1. The molecule has 136 valence electrons. The Morgan fingerprint density at radius 1 is 1.15 bits per heavy atom. The third-order valence-electron chi connectivity index (χ3n) is 4.89. The second-order valence-corrected chi connectivity index (χ2v) is 8.40. The van der Waals surface area contributed by atoms with Gasteiger partial charge in [-0.3, -0.25) is 4.90 Å². The molecule has 3 aromatic rings. The molecule has 0 spiro atoms. The van der Waals surface area contributed by atoms with Crippen molar-refractivity contribution in [2.24, 2.45) is 5.92 Å². The summed E-state index contributed by atoms with van der Waals surface area (Å²) in [6.07, 6.45) is 2.57.